The van der Waals surface area contributed by atoms with E-state index in [1.165, 1.54) is 11.3 Å². The molecule has 1 atom stereocenters. The number of halogens is 1. The standard InChI is InChI=1S/C17H16BrN3O3S2/c1-4-13-20-21-17(26-13)14-15(22)12(25-16(14)19)6-8-5-9(18)11(24-3)7-10(8)23-2/h5-7,14,19H,4H2,1-3H3/b12-6-,19-16?/t14-/m0/s1. The Kier molecular flexibility index (Phi) is 5.79. The van der Waals surface area contributed by atoms with Crippen molar-refractivity contribution < 1.29 is 14.3 Å². The van der Waals surface area contributed by atoms with Gasteiger partial charge in [0.2, 0.25) is 0 Å². The highest BCUT2D eigenvalue weighted by molar-refractivity contribution is 9.10. The fourth-order valence-corrected chi connectivity index (χ4v) is 4.94. The largest absolute Gasteiger partial charge is 0.496 e. The van der Waals surface area contributed by atoms with Crippen molar-refractivity contribution in [2.45, 2.75) is 19.3 Å². The Morgan fingerprint density at radius 1 is 1.27 bits per heavy atom. The Bertz CT molecular complexity index is 911. The normalized spacial score (nSPS) is 18.6. The molecule has 1 fully saturated rings. The van der Waals surface area contributed by atoms with Gasteiger partial charge in [0.25, 0.3) is 0 Å². The first-order valence-electron chi connectivity index (χ1n) is 7.74. The number of ketones is 1. The maximum absolute atomic E-state index is 12.9. The van der Waals surface area contributed by atoms with Crippen LogP contribution in [0, 0.1) is 5.41 Å². The molecule has 0 radical (unpaired) electrons. The van der Waals surface area contributed by atoms with Crippen molar-refractivity contribution >= 4 is 55.9 Å². The molecule has 0 aliphatic carbocycles. The average molecular weight is 454 g/mol. The molecule has 0 saturated carbocycles. The van der Waals surface area contributed by atoms with Gasteiger partial charge in [0.15, 0.2) is 5.78 Å². The van der Waals surface area contributed by atoms with E-state index in [-0.39, 0.29) is 10.8 Å². The van der Waals surface area contributed by atoms with E-state index in [1.54, 1.807) is 26.4 Å². The fourth-order valence-electron chi connectivity index (χ4n) is 2.48. The van der Waals surface area contributed by atoms with Crippen LogP contribution in [0.5, 0.6) is 11.5 Å². The number of aryl methyl sites for hydroxylation is 1. The lowest BCUT2D eigenvalue weighted by atomic mass is 10.0. The fraction of sp³-hybridized carbons (Fsp3) is 0.294. The van der Waals surface area contributed by atoms with E-state index in [1.807, 2.05) is 13.0 Å². The number of aromatic nitrogens is 2. The first kappa shape index (κ1) is 19.1. The van der Waals surface area contributed by atoms with Crippen LogP contribution in [-0.2, 0) is 11.2 Å². The third-order valence-corrected chi connectivity index (χ3v) is 6.56. The van der Waals surface area contributed by atoms with E-state index in [2.05, 4.69) is 26.1 Å². The lowest BCUT2D eigenvalue weighted by molar-refractivity contribution is -0.114. The van der Waals surface area contributed by atoms with Gasteiger partial charge < -0.3 is 9.47 Å². The van der Waals surface area contributed by atoms with Gasteiger partial charge in [-0.25, -0.2) is 0 Å². The lowest BCUT2D eigenvalue weighted by Crippen LogP contribution is -2.11. The number of carbonyl (C=O) groups excluding carboxylic acids is 1. The van der Waals surface area contributed by atoms with E-state index in [9.17, 15) is 4.79 Å². The van der Waals surface area contributed by atoms with Crippen LogP contribution in [0.2, 0.25) is 0 Å². The third-order valence-electron chi connectivity index (χ3n) is 3.81. The van der Waals surface area contributed by atoms with Gasteiger partial charge in [-0.05, 0) is 34.5 Å². The van der Waals surface area contributed by atoms with E-state index in [0.29, 0.717) is 21.4 Å². The summed E-state index contributed by atoms with van der Waals surface area (Å²) in [6, 6.07) is 3.58. The molecular formula is C17H16BrN3O3S2. The molecule has 26 heavy (non-hydrogen) atoms. The molecule has 0 unspecified atom stereocenters. The van der Waals surface area contributed by atoms with E-state index in [0.717, 1.165) is 33.2 Å². The van der Waals surface area contributed by atoms with Crippen molar-refractivity contribution in [3.05, 3.63) is 37.1 Å². The van der Waals surface area contributed by atoms with Crippen molar-refractivity contribution in [3.63, 3.8) is 0 Å². The number of hydrogen-bond donors (Lipinski definition) is 1. The van der Waals surface area contributed by atoms with Crippen LogP contribution in [0.1, 0.15) is 28.4 Å². The summed E-state index contributed by atoms with van der Waals surface area (Å²) in [7, 11) is 3.14. The zero-order valence-electron chi connectivity index (χ0n) is 14.3. The molecule has 1 aliphatic heterocycles. The topological polar surface area (TPSA) is 85.2 Å². The number of nitrogens with one attached hydrogen (secondary N) is 1. The molecule has 1 aromatic carbocycles. The summed E-state index contributed by atoms with van der Waals surface area (Å²) in [5.41, 5.74) is 0.732. The van der Waals surface area contributed by atoms with Crippen LogP contribution in [0.4, 0.5) is 0 Å². The van der Waals surface area contributed by atoms with Crippen molar-refractivity contribution in [2.75, 3.05) is 14.2 Å². The average Bonchev–Trinajstić information content (AvgIpc) is 3.19. The third kappa shape index (κ3) is 3.56. The smallest absolute Gasteiger partial charge is 0.186 e. The number of ether oxygens (including phenoxy) is 2. The van der Waals surface area contributed by atoms with Gasteiger partial charge in [-0.2, -0.15) is 0 Å². The van der Waals surface area contributed by atoms with E-state index < -0.39 is 5.92 Å². The van der Waals surface area contributed by atoms with Gasteiger partial charge in [0.1, 0.15) is 27.4 Å². The number of hydrogen-bond acceptors (Lipinski definition) is 8. The van der Waals surface area contributed by atoms with Gasteiger partial charge in [-0.1, -0.05) is 18.7 Å². The van der Waals surface area contributed by atoms with Crippen LogP contribution in [0.15, 0.2) is 21.5 Å². The minimum absolute atomic E-state index is 0.132. The zero-order valence-corrected chi connectivity index (χ0v) is 17.5. The molecule has 2 heterocycles. The Labute approximate surface area is 167 Å². The molecule has 1 aromatic heterocycles. The predicted molar refractivity (Wildman–Crippen MR) is 108 cm³/mol. The monoisotopic (exact) mass is 453 g/mol. The molecule has 0 spiro atoms. The molecule has 1 aliphatic rings. The molecule has 0 amide bonds. The Balaban J connectivity index is 1.96. The van der Waals surface area contributed by atoms with Crippen molar-refractivity contribution in [2.24, 2.45) is 0 Å². The van der Waals surface area contributed by atoms with Crippen LogP contribution >= 0.6 is 39.0 Å². The highest BCUT2D eigenvalue weighted by Gasteiger charge is 2.39. The number of allylic oxidation sites excluding steroid dienone is 1. The van der Waals surface area contributed by atoms with Crippen LogP contribution < -0.4 is 9.47 Å². The quantitative estimate of drug-likeness (QED) is 0.679. The SMILES string of the molecule is CCc1nnc([C@@H]2C(=N)S/C(=C\c3cc(Br)c(OC)cc3OC)C2=O)s1. The van der Waals surface area contributed by atoms with Gasteiger partial charge in [0.05, 0.1) is 28.6 Å². The first-order chi connectivity index (χ1) is 12.5. The van der Waals surface area contributed by atoms with Crippen molar-refractivity contribution in [1.29, 1.82) is 5.41 Å². The molecule has 2 aromatic rings. The number of carbonyl (C=O) groups is 1. The molecular weight excluding hydrogens is 438 g/mol. The van der Waals surface area contributed by atoms with Gasteiger partial charge in [0, 0.05) is 11.6 Å². The van der Waals surface area contributed by atoms with Gasteiger partial charge in [-0.3, -0.25) is 10.2 Å². The van der Waals surface area contributed by atoms with Crippen LogP contribution in [-0.4, -0.2) is 35.2 Å². The summed E-state index contributed by atoms with van der Waals surface area (Å²) in [6.07, 6.45) is 2.51. The predicted octanol–water partition coefficient (Wildman–Crippen LogP) is 4.30. The number of benzene rings is 1. The number of thioether (sulfide) groups is 1. The van der Waals surface area contributed by atoms with Gasteiger partial charge in [-0.15, -0.1) is 21.5 Å². The second-order valence-electron chi connectivity index (χ2n) is 5.39. The molecule has 6 nitrogen and oxygen atoms in total. The summed E-state index contributed by atoms with van der Waals surface area (Å²) < 4.78 is 11.4. The number of Topliss-reactive ketones (excluding diaryl/α,β-unsaturated/α-hetero) is 1. The lowest BCUT2D eigenvalue weighted by Gasteiger charge is -2.10. The van der Waals surface area contributed by atoms with Crippen molar-refractivity contribution in [1.82, 2.24) is 10.2 Å². The maximum Gasteiger partial charge on any atom is 0.186 e. The first-order valence-corrected chi connectivity index (χ1v) is 10.2. The minimum Gasteiger partial charge on any atom is -0.496 e. The maximum atomic E-state index is 12.9. The highest BCUT2D eigenvalue weighted by Crippen LogP contribution is 2.43. The van der Waals surface area contributed by atoms with Crippen molar-refractivity contribution in [3.8, 4) is 11.5 Å². The van der Waals surface area contributed by atoms with E-state index >= 15 is 0 Å². The van der Waals surface area contributed by atoms with Crippen LogP contribution in [0.25, 0.3) is 6.08 Å². The number of rotatable bonds is 5. The minimum atomic E-state index is -0.656. The van der Waals surface area contributed by atoms with Gasteiger partial charge >= 0.3 is 0 Å². The summed E-state index contributed by atoms with van der Waals surface area (Å²) in [5.74, 6) is 0.440. The Morgan fingerprint density at radius 2 is 2.00 bits per heavy atom. The summed E-state index contributed by atoms with van der Waals surface area (Å²) >= 11 is 5.99. The molecule has 0 bridgehead atoms. The second-order valence-corrected chi connectivity index (χ2v) is 8.42. The van der Waals surface area contributed by atoms with E-state index in [4.69, 9.17) is 14.9 Å². The number of nitrogens with zero attached hydrogens (tertiary/aromatic N) is 2. The molecule has 1 N–H and O–H groups in total. The summed E-state index contributed by atoms with van der Waals surface area (Å²) in [4.78, 5) is 13.3. The zero-order chi connectivity index (χ0) is 18.8. The Morgan fingerprint density at radius 3 is 2.62 bits per heavy atom. The second kappa shape index (κ2) is 7.89. The molecule has 9 heteroatoms. The Hall–Kier alpha value is -1.71. The molecule has 136 valence electrons. The highest BCUT2D eigenvalue weighted by atomic mass is 79.9. The summed E-state index contributed by atoms with van der Waals surface area (Å²) in [6.45, 7) is 1.99. The summed E-state index contributed by atoms with van der Waals surface area (Å²) in [5, 5.41) is 18.1. The molecule has 3 rings (SSSR count). The van der Waals surface area contributed by atoms with Crippen LogP contribution in [0.3, 0.4) is 0 Å². The number of methoxy groups -OCH3 is 2. The molecule has 1 saturated heterocycles.